The highest BCUT2D eigenvalue weighted by Gasteiger charge is 2.31. The monoisotopic (exact) mass is 456 g/mol. The quantitative estimate of drug-likeness (QED) is 0.227. The normalized spacial score (nSPS) is 10.9. The van der Waals surface area contributed by atoms with Gasteiger partial charge in [-0.3, -0.25) is 0 Å². The van der Waals surface area contributed by atoms with Crippen LogP contribution in [0.1, 0.15) is 28.2 Å². The lowest BCUT2D eigenvalue weighted by Crippen LogP contribution is -2.21. The van der Waals surface area contributed by atoms with Crippen LogP contribution in [0.2, 0.25) is 0 Å². The van der Waals surface area contributed by atoms with Crippen LogP contribution in [0.3, 0.4) is 0 Å². The van der Waals surface area contributed by atoms with Gasteiger partial charge in [-0.2, -0.15) is 0 Å². The molecule has 4 rings (SSSR count). The fourth-order valence-electron chi connectivity index (χ4n) is 3.84. The molecule has 0 aliphatic rings. The molecule has 10 nitrogen and oxygen atoms in total. The first-order valence-electron chi connectivity index (χ1n) is 9.52. The van der Waals surface area contributed by atoms with Gasteiger partial charge in [0.15, 0.2) is 0 Å². The predicted octanol–water partition coefficient (Wildman–Crippen LogP) is 2.28. The van der Waals surface area contributed by atoms with E-state index >= 15 is 0 Å². The first-order chi connectivity index (χ1) is 15.6. The smallest absolute Gasteiger partial charge is 0.344 e. The number of aliphatic hydroxyl groups is 1. The summed E-state index contributed by atoms with van der Waals surface area (Å²) >= 11 is 0. The number of aldehydes is 1. The molecule has 33 heavy (non-hydrogen) atoms. The van der Waals surface area contributed by atoms with Crippen LogP contribution in [0.4, 0.5) is 0 Å². The van der Waals surface area contributed by atoms with Crippen molar-refractivity contribution in [3.8, 4) is 23.0 Å². The molecule has 0 saturated heterocycles. The molecular formula is C23H20O10. The van der Waals surface area contributed by atoms with Crippen molar-refractivity contribution in [1.29, 1.82) is 0 Å². The maximum absolute atomic E-state index is 12.6. The molecule has 0 aliphatic heterocycles. The Kier molecular flexibility index (Phi) is 6.14. The first kappa shape index (κ1) is 23.4. The maximum Gasteiger partial charge on any atom is 0.344 e. The second-order valence-electron chi connectivity index (χ2n) is 7.19. The van der Waals surface area contributed by atoms with Crippen molar-refractivity contribution in [2.24, 2.45) is 0 Å². The van der Waals surface area contributed by atoms with E-state index in [2.05, 4.69) is 0 Å². The molecule has 4 aromatic rings. The lowest BCUT2D eigenvalue weighted by atomic mass is 9.90. The number of phenolic OH excluding ortho intramolecular Hbond substituents is 2. The summed E-state index contributed by atoms with van der Waals surface area (Å²) in [6.07, 6.45) is 0.209. The summed E-state index contributed by atoms with van der Waals surface area (Å²) in [5.41, 5.74) is -2.92. The van der Waals surface area contributed by atoms with Crippen LogP contribution in [0.25, 0.3) is 21.9 Å². The number of aryl methyl sites for hydroxylation is 2. The summed E-state index contributed by atoms with van der Waals surface area (Å²) < 4.78 is 10.3. The minimum atomic E-state index is -1.71. The van der Waals surface area contributed by atoms with Gasteiger partial charge in [0, 0.05) is 19.2 Å². The van der Waals surface area contributed by atoms with E-state index in [1.807, 2.05) is 0 Å². The van der Waals surface area contributed by atoms with Crippen LogP contribution in [-0.4, -0.2) is 38.9 Å². The standard InChI is InChI=1S/C22H16O9.CH4O/c1-8-3-10(24)5-13-15(8)19(26)17(21(28)30-13)12(7-23)18-20(27)16-9(2)4-11(25)6-14(16)31-22(18)29;1-2/h3-7,12,24-27H,1-2H3;2H,1H3. The fraction of sp³-hybridized carbons (Fsp3) is 0.174. The van der Waals surface area contributed by atoms with Gasteiger partial charge in [-0.05, 0) is 37.1 Å². The Bertz CT molecular complexity index is 1400. The molecular weight excluding hydrogens is 436 g/mol. The Morgan fingerprint density at radius 3 is 1.42 bits per heavy atom. The SMILES string of the molecule is CO.Cc1cc(O)cc2oc(=O)c(C(C=O)c3c(O)c4c(C)cc(O)cc4oc3=O)c(O)c12. The van der Waals surface area contributed by atoms with E-state index in [1.54, 1.807) is 13.8 Å². The largest absolute Gasteiger partial charge is 0.508 e. The van der Waals surface area contributed by atoms with E-state index in [4.69, 9.17) is 13.9 Å². The van der Waals surface area contributed by atoms with Crippen molar-refractivity contribution in [1.82, 2.24) is 0 Å². The molecule has 0 atom stereocenters. The van der Waals surface area contributed by atoms with E-state index in [-0.39, 0.29) is 39.7 Å². The van der Waals surface area contributed by atoms with Crippen molar-refractivity contribution in [2.75, 3.05) is 7.11 Å². The minimum absolute atomic E-state index is 0.0602. The number of carbonyl (C=O) groups is 1. The molecule has 0 unspecified atom stereocenters. The molecule has 0 amide bonds. The molecule has 0 saturated carbocycles. The minimum Gasteiger partial charge on any atom is -0.508 e. The van der Waals surface area contributed by atoms with Crippen molar-refractivity contribution >= 4 is 28.2 Å². The number of aliphatic hydroxyl groups excluding tert-OH is 1. The van der Waals surface area contributed by atoms with Crippen LogP contribution in [0.5, 0.6) is 23.0 Å². The zero-order chi connectivity index (χ0) is 24.6. The zero-order valence-corrected chi connectivity index (χ0v) is 17.7. The number of benzene rings is 2. The molecule has 0 fully saturated rings. The molecule has 2 aromatic carbocycles. The highest BCUT2D eigenvalue weighted by molar-refractivity contribution is 5.92. The van der Waals surface area contributed by atoms with E-state index in [9.17, 15) is 34.8 Å². The molecule has 0 spiro atoms. The molecule has 5 N–H and O–H groups in total. The van der Waals surface area contributed by atoms with E-state index in [0.29, 0.717) is 11.1 Å². The predicted molar refractivity (Wildman–Crippen MR) is 117 cm³/mol. The van der Waals surface area contributed by atoms with Crippen molar-refractivity contribution in [3.63, 3.8) is 0 Å². The molecule has 0 radical (unpaired) electrons. The number of hydrogen-bond donors (Lipinski definition) is 5. The summed E-state index contributed by atoms with van der Waals surface area (Å²) in [7, 11) is 1.00. The Hall–Kier alpha value is -4.31. The first-order valence-corrected chi connectivity index (χ1v) is 9.52. The van der Waals surface area contributed by atoms with E-state index in [1.165, 1.54) is 12.1 Å². The van der Waals surface area contributed by atoms with Crippen LogP contribution in [-0.2, 0) is 4.79 Å². The third kappa shape index (κ3) is 3.76. The summed E-state index contributed by atoms with van der Waals surface area (Å²) in [6, 6.07) is 4.89. The lowest BCUT2D eigenvalue weighted by molar-refractivity contribution is -0.108. The van der Waals surface area contributed by atoms with Crippen molar-refractivity contribution in [3.05, 3.63) is 67.4 Å². The number of hydrogen-bond acceptors (Lipinski definition) is 10. The van der Waals surface area contributed by atoms with Crippen LogP contribution >= 0.6 is 0 Å². The van der Waals surface area contributed by atoms with Crippen LogP contribution < -0.4 is 11.3 Å². The third-order valence-electron chi connectivity index (χ3n) is 5.16. The van der Waals surface area contributed by atoms with E-state index in [0.717, 1.165) is 19.2 Å². The van der Waals surface area contributed by atoms with Gasteiger partial charge in [-0.1, -0.05) is 0 Å². The van der Waals surface area contributed by atoms with Gasteiger partial charge in [-0.15, -0.1) is 0 Å². The number of phenols is 2. The van der Waals surface area contributed by atoms with Gasteiger partial charge in [0.25, 0.3) is 0 Å². The van der Waals surface area contributed by atoms with Crippen molar-refractivity contribution < 1.29 is 39.2 Å². The van der Waals surface area contributed by atoms with Crippen LogP contribution in [0, 0.1) is 13.8 Å². The van der Waals surface area contributed by atoms with Gasteiger partial charge in [-0.25, -0.2) is 9.59 Å². The topological polar surface area (TPSA) is 179 Å². The van der Waals surface area contributed by atoms with Gasteiger partial charge < -0.3 is 39.2 Å². The summed E-state index contributed by atoms with van der Waals surface area (Å²) in [6.45, 7) is 3.08. The molecule has 0 aliphatic carbocycles. The molecule has 172 valence electrons. The molecule has 10 heteroatoms. The Morgan fingerprint density at radius 2 is 1.09 bits per heavy atom. The molecule has 2 heterocycles. The molecule has 2 aromatic heterocycles. The maximum atomic E-state index is 12.6. The number of aromatic hydroxyl groups is 4. The zero-order valence-electron chi connectivity index (χ0n) is 17.7. The lowest BCUT2D eigenvalue weighted by Gasteiger charge is -2.15. The third-order valence-corrected chi connectivity index (χ3v) is 5.16. The van der Waals surface area contributed by atoms with E-state index < -0.39 is 39.8 Å². The number of fused-ring (bicyclic) bond motifs is 2. The fourth-order valence-corrected chi connectivity index (χ4v) is 3.84. The van der Waals surface area contributed by atoms with Crippen LogP contribution in [0.15, 0.2) is 42.7 Å². The summed E-state index contributed by atoms with van der Waals surface area (Å²) in [5.74, 6) is -3.34. The summed E-state index contributed by atoms with van der Waals surface area (Å²) in [5, 5.41) is 48.1. The number of rotatable bonds is 3. The highest BCUT2D eigenvalue weighted by Crippen LogP contribution is 2.40. The average molecular weight is 456 g/mol. The summed E-state index contributed by atoms with van der Waals surface area (Å²) in [4.78, 5) is 37.3. The van der Waals surface area contributed by atoms with Crippen molar-refractivity contribution in [2.45, 2.75) is 19.8 Å². The average Bonchev–Trinajstić information content (AvgIpc) is 2.72. The Morgan fingerprint density at radius 1 is 0.727 bits per heavy atom. The number of carbonyl (C=O) groups excluding carboxylic acids is 1. The molecule has 0 bridgehead atoms. The van der Waals surface area contributed by atoms with Gasteiger partial charge in [0.1, 0.15) is 40.5 Å². The van der Waals surface area contributed by atoms with Gasteiger partial charge in [0.2, 0.25) is 0 Å². The second-order valence-corrected chi connectivity index (χ2v) is 7.19. The Balaban J connectivity index is 0.00000149. The van der Waals surface area contributed by atoms with Gasteiger partial charge >= 0.3 is 11.3 Å². The second kappa shape index (κ2) is 8.67. The van der Waals surface area contributed by atoms with Gasteiger partial charge in [0.05, 0.1) is 27.8 Å². The Labute approximate surface area is 185 Å². The highest BCUT2D eigenvalue weighted by atomic mass is 16.4.